The van der Waals surface area contributed by atoms with Crippen LogP contribution in [0.5, 0.6) is 5.75 Å². The van der Waals surface area contributed by atoms with Crippen molar-refractivity contribution in [2.75, 3.05) is 25.0 Å². The average molecular weight is 328 g/mol. The van der Waals surface area contributed by atoms with Crippen LogP contribution in [0.15, 0.2) is 24.3 Å². The first-order valence-electron chi connectivity index (χ1n) is 7.41. The van der Waals surface area contributed by atoms with E-state index in [9.17, 15) is 18.4 Å². The fraction of sp³-hybridized carbons (Fsp3) is 0.467. The maximum atomic E-state index is 12.1. The van der Waals surface area contributed by atoms with Gasteiger partial charge in [0.05, 0.1) is 19.0 Å². The number of rotatable bonds is 6. The van der Waals surface area contributed by atoms with Gasteiger partial charge < -0.3 is 20.7 Å². The molecule has 0 saturated carbocycles. The van der Waals surface area contributed by atoms with Crippen LogP contribution in [0.4, 0.5) is 14.5 Å². The highest BCUT2D eigenvalue weighted by Crippen LogP contribution is 2.17. The average Bonchev–Trinajstić information content (AvgIpc) is 2.49. The lowest BCUT2D eigenvalue weighted by Gasteiger charge is -2.27. The van der Waals surface area contributed by atoms with E-state index in [-0.39, 0.29) is 30.0 Å². The number of alkyl halides is 2. The van der Waals surface area contributed by atoms with Crippen molar-refractivity contribution in [3.05, 3.63) is 24.3 Å². The normalized spacial score (nSPS) is 21.0. The number of benzene rings is 1. The maximum Gasteiger partial charge on any atom is 0.387 e. The lowest BCUT2D eigenvalue weighted by molar-refractivity contribution is -0.899. The summed E-state index contributed by atoms with van der Waals surface area (Å²) in [6.07, 6.45) is 1.63. The Hall–Kier alpha value is -2.22. The van der Waals surface area contributed by atoms with Crippen LogP contribution < -0.4 is 20.7 Å². The highest BCUT2D eigenvalue weighted by molar-refractivity contribution is 5.91. The van der Waals surface area contributed by atoms with Crippen molar-refractivity contribution < 1.29 is 28.0 Å². The van der Waals surface area contributed by atoms with E-state index < -0.39 is 6.61 Å². The first kappa shape index (κ1) is 17.1. The van der Waals surface area contributed by atoms with Gasteiger partial charge in [0.1, 0.15) is 5.75 Å². The number of nitrogens with two attached hydrogens (primary N) is 1. The van der Waals surface area contributed by atoms with Crippen LogP contribution in [-0.4, -0.2) is 38.1 Å². The molecule has 2 atom stereocenters. The van der Waals surface area contributed by atoms with Gasteiger partial charge in [-0.15, -0.1) is 0 Å². The van der Waals surface area contributed by atoms with Gasteiger partial charge in [0.2, 0.25) is 5.91 Å². The summed E-state index contributed by atoms with van der Waals surface area (Å²) in [6, 6.07) is 5.71. The van der Waals surface area contributed by atoms with Gasteiger partial charge in [0.15, 0.2) is 6.54 Å². The number of hydrogen-bond donors (Lipinski definition) is 3. The van der Waals surface area contributed by atoms with Crippen molar-refractivity contribution >= 4 is 17.5 Å². The van der Waals surface area contributed by atoms with Gasteiger partial charge in [0.25, 0.3) is 5.91 Å². The number of amides is 2. The molecule has 1 aliphatic heterocycles. The Morgan fingerprint density at radius 2 is 2.04 bits per heavy atom. The standard InChI is InChI=1S/C15H19F2N3O3/c16-15(17)23-12-5-3-11(4-6-12)19-13(21)9-20-7-1-2-10(8-20)14(18)22/h3-6,10,15H,1-2,7-9H2,(H2,18,22)(H,19,21)/p+1/t10-/m1/s1. The fourth-order valence-electron chi connectivity index (χ4n) is 2.71. The molecule has 1 fully saturated rings. The summed E-state index contributed by atoms with van der Waals surface area (Å²) in [7, 11) is 0. The molecular formula is C15H20F2N3O3+. The number of halogens is 2. The molecule has 23 heavy (non-hydrogen) atoms. The van der Waals surface area contributed by atoms with Gasteiger partial charge in [-0.3, -0.25) is 9.59 Å². The van der Waals surface area contributed by atoms with Crippen molar-refractivity contribution in [1.29, 1.82) is 0 Å². The molecule has 6 nitrogen and oxygen atoms in total. The summed E-state index contributed by atoms with van der Waals surface area (Å²) in [5, 5.41) is 2.69. The highest BCUT2D eigenvalue weighted by atomic mass is 19.3. The molecule has 2 amide bonds. The Morgan fingerprint density at radius 3 is 2.65 bits per heavy atom. The van der Waals surface area contributed by atoms with Crippen LogP contribution in [-0.2, 0) is 9.59 Å². The van der Waals surface area contributed by atoms with Crippen molar-refractivity contribution in [2.24, 2.45) is 11.7 Å². The van der Waals surface area contributed by atoms with Crippen molar-refractivity contribution in [3.8, 4) is 5.75 Å². The molecule has 1 aromatic rings. The molecule has 126 valence electrons. The summed E-state index contributed by atoms with van der Waals surface area (Å²) in [6.45, 7) is -1.27. The third-order valence-electron chi connectivity index (χ3n) is 3.79. The molecule has 0 radical (unpaired) electrons. The second-order valence-corrected chi connectivity index (χ2v) is 5.57. The maximum absolute atomic E-state index is 12.1. The largest absolute Gasteiger partial charge is 0.435 e. The van der Waals surface area contributed by atoms with Gasteiger partial charge in [-0.25, -0.2) is 0 Å². The molecule has 2 rings (SSSR count). The number of likely N-dealkylation sites (tertiary alicyclic amines) is 1. The van der Waals surface area contributed by atoms with E-state index in [1.807, 2.05) is 0 Å². The SMILES string of the molecule is NC(=O)[C@@H]1CCC[NH+](CC(=O)Nc2ccc(OC(F)F)cc2)C1. The van der Waals surface area contributed by atoms with Crippen LogP contribution in [0.3, 0.4) is 0 Å². The van der Waals surface area contributed by atoms with Crippen LogP contribution in [0, 0.1) is 5.92 Å². The fourth-order valence-corrected chi connectivity index (χ4v) is 2.71. The Balaban J connectivity index is 1.83. The molecule has 1 aromatic carbocycles. The molecule has 0 bridgehead atoms. The minimum atomic E-state index is -2.88. The van der Waals surface area contributed by atoms with E-state index in [2.05, 4.69) is 10.1 Å². The molecule has 8 heteroatoms. The topological polar surface area (TPSA) is 85.9 Å². The van der Waals surface area contributed by atoms with E-state index in [1.165, 1.54) is 24.3 Å². The number of quaternary nitrogens is 1. The molecule has 1 unspecified atom stereocenters. The zero-order valence-electron chi connectivity index (χ0n) is 12.6. The Labute approximate surface area is 132 Å². The second kappa shape index (κ2) is 7.87. The third kappa shape index (κ3) is 5.48. The van der Waals surface area contributed by atoms with E-state index >= 15 is 0 Å². The molecule has 0 spiro atoms. The summed E-state index contributed by atoms with van der Waals surface area (Å²) < 4.78 is 28.3. The lowest BCUT2D eigenvalue weighted by atomic mass is 9.97. The first-order chi connectivity index (χ1) is 10.9. The number of hydrogen-bond acceptors (Lipinski definition) is 3. The van der Waals surface area contributed by atoms with Crippen molar-refractivity contribution in [1.82, 2.24) is 0 Å². The van der Waals surface area contributed by atoms with Gasteiger partial charge in [-0.2, -0.15) is 8.78 Å². The van der Waals surface area contributed by atoms with E-state index in [1.54, 1.807) is 0 Å². The van der Waals surface area contributed by atoms with E-state index in [4.69, 9.17) is 5.73 Å². The van der Waals surface area contributed by atoms with Gasteiger partial charge >= 0.3 is 6.61 Å². The Kier molecular flexibility index (Phi) is 5.86. The Bertz CT molecular complexity index is 551. The number of nitrogens with one attached hydrogen (secondary N) is 2. The summed E-state index contributed by atoms with van der Waals surface area (Å²) in [5.41, 5.74) is 5.81. The second-order valence-electron chi connectivity index (χ2n) is 5.57. The smallest absolute Gasteiger partial charge is 0.387 e. The molecule has 0 aliphatic carbocycles. The molecule has 0 aromatic heterocycles. The molecule has 1 heterocycles. The monoisotopic (exact) mass is 328 g/mol. The number of carbonyl (C=O) groups is 2. The van der Waals surface area contributed by atoms with Gasteiger partial charge in [-0.1, -0.05) is 0 Å². The first-order valence-corrected chi connectivity index (χ1v) is 7.41. The quantitative estimate of drug-likeness (QED) is 0.687. The number of anilines is 1. The van der Waals surface area contributed by atoms with E-state index in [0.29, 0.717) is 12.2 Å². The van der Waals surface area contributed by atoms with E-state index in [0.717, 1.165) is 24.3 Å². The summed E-state index contributed by atoms with van der Waals surface area (Å²) in [4.78, 5) is 24.3. The molecule has 4 N–H and O–H groups in total. The number of piperidine rings is 1. The Morgan fingerprint density at radius 1 is 1.35 bits per heavy atom. The number of ether oxygens (including phenoxy) is 1. The summed E-state index contributed by atoms with van der Waals surface area (Å²) in [5.74, 6) is -0.675. The third-order valence-corrected chi connectivity index (χ3v) is 3.79. The van der Waals surface area contributed by atoms with Gasteiger partial charge in [0, 0.05) is 5.69 Å². The molecular weight excluding hydrogens is 308 g/mol. The predicted molar refractivity (Wildman–Crippen MR) is 79.2 cm³/mol. The van der Waals surface area contributed by atoms with Crippen LogP contribution >= 0.6 is 0 Å². The summed E-state index contributed by atoms with van der Waals surface area (Å²) >= 11 is 0. The molecule has 1 aliphatic rings. The number of primary amides is 1. The van der Waals surface area contributed by atoms with Crippen LogP contribution in [0.1, 0.15) is 12.8 Å². The molecule has 1 saturated heterocycles. The van der Waals surface area contributed by atoms with Crippen molar-refractivity contribution in [3.63, 3.8) is 0 Å². The minimum Gasteiger partial charge on any atom is -0.435 e. The van der Waals surface area contributed by atoms with Gasteiger partial charge in [-0.05, 0) is 37.1 Å². The van der Waals surface area contributed by atoms with Crippen molar-refractivity contribution in [2.45, 2.75) is 19.5 Å². The lowest BCUT2D eigenvalue weighted by Crippen LogP contribution is -3.14. The zero-order chi connectivity index (χ0) is 16.8. The minimum absolute atomic E-state index is 0.0314. The zero-order valence-corrected chi connectivity index (χ0v) is 12.6. The number of carbonyl (C=O) groups excluding carboxylic acids is 2. The van der Waals surface area contributed by atoms with Crippen LogP contribution in [0.25, 0.3) is 0 Å². The predicted octanol–water partition coefficient (Wildman–Crippen LogP) is 0.00670. The van der Waals surface area contributed by atoms with Crippen LogP contribution in [0.2, 0.25) is 0 Å². The highest BCUT2D eigenvalue weighted by Gasteiger charge is 2.28.